The summed E-state index contributed by atoms with van der Waals surface area (Å²) in [5.41, 5.74) is 1.77. The fraction of sp³-hybridized carbons (Fsp3) is 0.300. The Hall–Kier alpha value is -3.02. The monoisotopic (exact) mass is 356 g/mol. The van der Waals surface area contributed by atoms with Crippen LogP contribution in [0.25, 0.3) is 0 Å². The lowest BCUT2D eigenvalue weighted by Crippen LogP contribution is -2.12. The van der Waals surface area contributed by atoms with Crippen molar-refractivity contribution in [3.05, 3.63) is 48.0 Å². The van der Waals surface area contributed by atoms with Gasteiger partial charge in [0.25, 0.3) is 5.91 Å². The molecule has 0 bridgehead atoms. The first-order valence-corrected chi connectivity index (χ1v) is 8.53. The third kappa shape index (κ3) is 5.51. The molecule has 26 heavy (non-hydrogen) atoms. The second-order valence-corrected chi connectivity index (χ2v) is 5.78. The average Bonchev–Trinajstić information content (AvgIpc) is 2.63. The van der Waals surface area contributed by atoms with Gasteiger partial charge in [-0.3, -0.25) is 9.59 Å². The van der Waals surface area contributed by atoms with Crippen LogP contribution in [0, 0.1) is 0 Å². The van der Waals surface area contributed by atoms with Gasteiger partial charge in [-0.05, 0) is 48.9 Å². The van der Waals surface area contributed by atoms with Crippen molar-refractivity contribution >= 4 is 23.2 Å². The Labute approximate surface area is 153 Å². The Kier molecular flexibility index (Phi) is 7.02. The van der Waals surface area contributed by atoms with E-state index in [4.69, 9.17) is 9.47 Å². The Morgan fingerprint density at radius 1 is 0.962 bits per heavy atom. The molecule has 0 aliphatic carbocycles. The summed E-state index contributed by atoms with van der Waals surface area (Å²) in [6.45, 7) is 4.15. The summed E-state index contributed by atoms with van der Waals surface area (Å²) in [5, 5.41) is 5.49. The number of unbranched alkanes of at least 4 members (excludes halogenated alkanes) is 1. The molecule has 2 amide bonds. The van der Waals surface area contributed by atoms with E-state index in [9.17, 15) is 9.59 Å². The molecule has 0 radical (unpaired) electrons. The number of carbonyl (C=O) groups is 2. The predicted molar refractivity (Wildman–Crippen MR) is 102 cm³/mol. The van der Waals surface area contributed by atoms with Crippen LogP contribution in [0.1, 0.15) is 37.0 Å². The summed E-state index contributed by atoms with van der Waals surface area (Å²) in [6.07, 6.45) is 2.00. The highest BCUT2D eigenvalue weighted by Gasteiger charge is 2.11. The molecule has 0 heterocycles. The molecule has 6 heteroatoms. The minimum Gasteiger partial charge on any atom is -0.493 e. The number of methoxy groups -OCH3 is 1. The van der Waals surface area contributed by atoms with Crippen LogP contribution in [-0.4, -0.2) is 25.5 Å². The molecule has 0 aliphatic heterocycles. The van der Waals surface area contributed by atoms with Crippen LogP contribution >= 0.6 is 0 Å². The largest absolute Gasteiger partial charge is 0.493 e. The van der Waals surface area contributed by atoms with Crippen LogP contribution in [-0.2, 0) is 4.79 Å². The van der Waals surface area contributed by atoms with Gasteiger partial charge in [-0.2, -0.15) is 0 Å². The zero-order valence-corrected chi connectivity index (χ0v) is 15.3. The molecule has 2 aromatic carbocycles. The molecule has 0 saturated heterocycles. The van der Waals surface area contributed by atoms with Gasteiger partial charge >= 0.3 is 0 Å². The fourth-order valence-electron chi connectivity index (χ4n) is 2.30. The molecular formula is C20H24N2O4. The van der Waals surface area contributed by atoms with Crippen molar-refractivity contribution in [2.75, 3.05) is 24.4 Å². The third-order valence-corrected chi connectivity index (χ3v) is 3.64. The maximum atomic E-state index is 12.4. The molecule has 2 aromatic rings. The second kappa shape index (κ2) is 9.46. The molecule has 2 N–H and O–H groups in total. The standard InChI is InChI=1S/C20H24N2O4/c1-4-5-12-26-18-11-6-15(13-19(18)25-3)20(24)22-17-9-7-16(8-10-17)21-14(2)23/h6-11,13H,4-5,12H2,1-3H3,(H,21,23)(H,22,24). The van der Waals surface area contributed by atoms with Crippen LogP contribution in [0.3, 0.4) is 0 Å². The van der Waals surface area contributed by atoms with Crippen molar-refractivity contribution in [1.29, 1.82) is 0 Å². The quantitative estimate of drug-likeness (QED) is 0.699. The lowest BCUT2D eigenvalue weighted by atomic mass is 10.1. The highest BCUT2D eigenvalue weighted by molar-refractivity contribution is 6.04. The van der Waals surface area contributed by atoms with Crippen molar-refractivity contribution in [2.45, 2.75) is 26.7 Å². The molecule has 2 rings (SSSR count). The SMILES string of the molecule is CCCCOc1ccc(C(=O)Nc2ccc(NC(C)=O)cc2)cc1OC. The minimum absolute atomic E-state index is 0.143. The molecule has 0 unspecified atom stereocenters. The van der Waals surface area contributed by atoms with Crippen molar-refractivity contribution in [3.63, 3.8) is 0 Å². The number of benzene rings is 2. The highest BCUT2D eigenvalue weighted by Crippen LogP contribution is 2.28. The van der Waals surface area contributed by atoms with E-state index in [1.807, 2.05) is 0 Å². The van der Waals surface area contributed by atoms with E-state index in [0.29, 0.717) is 35.0 Å². The van der Waals surface area contributed by atoms with E-state index >= 15 is 0 Å². The van der Waals surface area contributed by atoms with Crippen LogP contribution in [0.4, 0.5) is 11.4 Å². The maximum absolute atomic E-state index is 12.4. The number of hydrogen-bond acceptors (Lipinski definition) is 4. The highest BCUT2D eigenvalue weighted by atomic mass is 16.5. The zero-order valence-electron chi connectivity index (χ0n) is 15.3. The van der Waals surface area contributed by atoms with Gasteiger partial charge in [0.15, 0.2) is 11.5 Å². The lowest BCUT2D eigenvalue weighted by Gasteiger charge is -2.12. The van der Waals surface area contributed by atoms with Gasteiger partial charge < -0.3 is 20.1 Å². The number of amides is 2. The first-order chi connectivity index (χ1) is 12.5. The summed E-state index contributed by atoms with van der Waals surface area (Å²) in [5.74, 6) is 0.748. The van der Waals surface area contributed by atoms with Gasteiger partial charge in [-0.25, -0.2) is 0 Å². The Balaban J connectivity index is 2.05. The molecule has 0 fully saturated rings. The molecule has 0 atom stereocenters. The van der Waals surface area contributed by atoms with Crippen molar-refractivity contribution in [3.8, 4) is 11.5 Å². The van der Waals surface area contributed by atoms with Gasteiger partial charge in [0.1, 0.15) is 0 Å². The van der Waals surface area contributed by atoms with Crippen molar-refractivity contribution in [2.24, 2.45) is 0 Å². The van der Waals surface area contributed by atoms with E-state index in [2.05, 4.69) is 17.6 Å². The number of carbonyl (C=O) groups excluding carboxylic acids is 2. The molecule has 6 nitrogen and oxygen atoms in total. The predicted octanol–water partition coefficient (Wildman–Crippen LogP) is 4.08. The zero-order chi connectivity index (χ0) is 18.9. The van der Waals surface area contributed by atoms with Crippen molar-refractivity contribution in [1.82, 2.24) is 0 Å². The van der Waals surface area contributed by atoms with Crippen molar-refractivity contribution < 1.29 is 19.1 Å². The van der Waals surface area contributed by atoms with E-state index in [1.165, 1.54) is 6.92 Å². The van der Waals surface area contributed by atoms with Crippen LogP contribution in [0.15, 0.2) is 42.5 Å². The van der Waals surface area contributed by atoms with Gasteiger partial charge in [-0.1, -0.05) is 13.3 Å². The Morgan fingerprint density at radius 3 is 2.19 bits per heavy atom. The molecule has 138 valence electrons. The fourth-order valence-corrected chi connectivity index (χ4v) is 2.30. The number of anilines is 2. The number of hydrogen-bond donors (Lipinski definition) is 2. The summed E-state index contributed by atoms with van der Waals surface area (Å²) in [4.78, 5) is 23.5. The van der Waals surface area contributed by atoms with Crippen LogP contribution in [0.5, 0.6) is 11.5 Å². The molecule has 0 aliphatic rings. The first-order valence-electron chi connectivity index (χ1n) is 8.53. The molecule has 0 saturated carbocycles. The van der Waals surface area contributed by atoms with Crippen LogP contribution in [0.2, 0.25) is 0 Å². The van der Waals surface area contributed by atoms with E-state index in [1.54, 1.807) is 49.6 Å². The molecule has 0 spiro atoms. The minimum atomic E-state index is -0.254. The van der Waals surface area contributed by atoms with E-state index in [0.717, 1.165) is 12.8 Å². The Morgan fingerprint density at radius 2 is 1.62 bits per heavy atom. The summed E-state index contributed by atoms with van der Waals surface area (Å²) >= 11 is 0. The van der Waals surface area contributed by atoms with Gasteiger partial charge in [-0.15, -0.1) is 0 Å². The normalized spacial score (nSPS) is 10.1. The third-order valence-electron chi connectivity index (χ3n) is 3.64. The number of nitrogens with one attached hydrogen (secondary N) is 2. The maximum Gasteiger partial charge on any atom is 0.255 e. The summed E-state index contributed by atoms with van der Waals surface area (Å²) in [6, 6.07) is 12.0. The van der Waals surface area contributed by atoms with Gasteiger partial charge in [0.2, 0.25) is 5.91 Å². The molecule has 0 aromatic heterocycles. The molecular weight excluding hydrogens is 332 g/mol. The van der Waals surface area contributed by atoms with Gasteiger partial charge in [0, 0.05) is 23.9 Å². The second-order valence-electron chi connectivity index (χ2n) is 5.78. The topological polar surface area (TPSA) is 76.7 Å². The number of ether oxygens (including phenoxy) is 2. The lowest BCUT2D eigenvalue weighted by molar-refractivity contribution is -0.114. The van der Waals surface area contributed by atoms with E-state index < -0.39 is 0 Å². The Bertz CT molecular complexity index is 757. The van der Waals surface area contributed by atoms with E-state index in [-0.39, 0.29) is 11.8 Å². The first kappa shape index (κ1) is 19.3. The number of rotatable bonds is 8. The van der Waals surface area contributed by atoms with Crippen LogP contribution < -0.4 is 20.1 Å². The smallest absolute Gasteiger partial charge is 0.255 e. The average molecular weight is 356 g/mol. The van der Waals surface area contributed by atoms with Gasteiger partial charge in [0.05, 0.1) is 13.7 Å². The summed E-state index contributed by atoms with van der Waals surface area (Å²) in [7, 11) is 1.55. The summed E-state index contributed by atoms with van der Waals surface area (Å²) < 4.78 is 11.0.